The molecule has 2 fully saturated rings. The Morgan fingerprint density at radius 3 is 2.23 bits per heavy atom. The predicted octanol–water partition coefficient (Wildman–Crippen LogP) is 8.64. The second-order valence-corrected chi connectivity index (χ2v) is 12.8. The van der Waals surface area contributed by atoms with E-state index in [0.717, 1.165) is 16.7 Å². The number of hydrogen-bond donors (Lipinski definition) is 1. The van der Waals surface area contributed by atoms with Gasteiger partial charge >= 0.3 is 6.09 Å². The molecule has 5 aromatic carbocycles. The number of anilines is 1. The van der Waals surface area contributed by atoms with Crippen LogP contribution in [-0.4, -0.2) is 43.3 Å². The molecule has 266 valence electrons. The highest BCUT2D eigenvalue weighted by molar-refractivity contribution is 5.95. The van der Waals surface area contributed by atoms with Crippen molar-refractivity contribution in [3.63, 3.8) is 0 Å². The van der Waals surface area contributed by atoms with Crippen molar-refractivity contribution in [2.75, 3.05) is 31.7 Å². The van der Waals surface area contributed by atoms with Crippen LogP contribution in [0.4, 0.5) is 19.3 Å². The SMILES string of the molecule is O=C1OC[C@H](c2ccccc2)N1C(=O)[C@H](CCC1(c2ccc(F)cc2)OCCO1)CNc1ccc(F)cc1-c1ccc(OCc2ccccc2)cc1. The minimum Gasteiger partial charge on any atom is -0.489 e. The van der Waals surface area contributed by atoms with Gasteiger partial charge in [-0.2, -0.15) is 0 Å². The molecule has 0 spiro atoms. The van der Waals surface area contributed by atoms with Crippen molar-refractivity contribution in [2.45, 2.75) is 31.3 Å². The lowest BCUT2D eigenvalue weighted by Gasteiger charge is -2.31. The van der Waals surface area contributed by atoms with Crippen LogP contribution in [0.3, 0.4) is 0 Å². The van der Waals surface area contributed by atoms with Crippen LogP contribution in [0.15, 0.2) is 127 Å². The minimum absolute atomic E-state index is 0.0354. The summed E-state index contributed by atoms with van der Waals surface area (Å²) in [5.74, 6) is -2.53. The highest BCUT2D eigenvalue weighted by Gasteiger charge is 2.44. The number of ether oxygens (including phenoxy) is 4. The quantitative estimate of drug-likeness (QED) is 0.131. The lowest BCUT2D eigenvalue weighted by atomic mass is 9.92. The smallest absolute Gasteiger partial charge is 0.417 e. The van der Waals surface area contributed by atoms with Crippen LogP contribution in [0, 0.1) is 17.6 Å². The molecule has 0 radical (unpaired) electrons. The van der Waals surface area contributed by atoms with Gasteiger partial charge in [0.2, 0.25) is 5.91 Å². The molecule has 0 aliphatic carbocycles. The van der Waals surface area contributed by atoms with Gasteiger partial charge in [-0.3, -0.25) is 4.79 Å². The fourth-order valence-corrected chi connectivity index (χ4v) is 6.69. The van der Waals surface area contributed by atoms with Gasteiger partial charge in [0.05, 0.1) is 19.1 Å². The Hall–Kier alpha value is -5.58. The number of halogens is 2. The molecule has 2 amide bonds. The molecule has 0 unspecified atom stereocenters. The molecule has 7 rings (SSSR count). The summed E-state index contributed by atoms with van der Waals surface area (Å²) in [6.07, 6.45) is -0.239. The van der Waals surface area contributed by atoms with Crippen molar-refractivity contribution >= 4 is 17.7 Å². The standard InChI is InChI=1S/C42H38F2N2O6/c43-34-15-13-33(14-16-34)42(51-23-24-52-42)22-21-32(40(47)46-39(28-50-41(46)48)31-9-5-2-6-10-31)26-45-38-20-17-35(44)25-37(38)30-11-18-36(19-12-30)49-27-29-7-3-1-4-8-29/h1-20,25,32,39,45H,21-24,26-28H2/t32-,39-/m1/s1. The third-order valence-electron chi connectivity index (χ3n) is 9.44. The maximum absolute atomic E-state index is 14.7. The van der Waals surface area contributed by atoms with E-state index in [1.54, 1.807) is 18.2 Å². The van der Waals surface area contributed by atoms with Crippen molar-refractivity contribution in [1.29, 1.82) is 0 Å². The van der Waals surface area contributed by atoms with E-state index in [9.17, 15) is 18.4 Å². The Labute approximate surface area is 300 Å². The first-order valence-electron chi connectivity index (χ1n) is 17.3. The van der Waals surface area contributed by atoms with E-state index in [0.29, 0.717) is 42.4 Å². The molecule has 2 aliphatic rings. The number of rotatable bonds is 13. The summed E-state index contributed by atoms with van der Waals surface area (Å²) in [5, 5.41) is 3.38. The number of carbonyl (C=O) groups excluding carboxylic acids is 2. The number of carbonyl (C=O) groups is 2. The van der Waals surface area contributed by atoms with Crippen molar-refractivity contribution in [1.82, 2.24) is 4.90 Å². The monoisotopic (exact) mass is 704 g/mol. The maximum atomic E-state index is 14.7. The van der Waals surface area contributed by atoms with Crippen molar-refractivity contribution in [3.8, 4) is 16.9 Å². The zero-order valence-electron chi connectivity index (χ0n) is 28.4. The minimum atomic E-state index is -1.19. The van der Waals surface area contributed by atoms with Crippen LogP contribution in [0.1, 0.15) is 35.6 Å². The molecule has 0 aromatic heterocycles. The number of cyclic esters (lactones) is 1. The normalized spacial score (nSPS) is 17.1. The molecule has 8 nitrogen and oxygen atoms in total. The molecule has 52 heavy (non-hydrogen) atoms. The lowest BCUT2D eigenvalue weighted by molar-refractivity contribution is -0.174. The topological polar surface area (TPSA) is 86.3 Å². The molecular weight excluding hydrogens is 666 g/mol. The second kappa shape index (κ2) is 15.8. The predicted molar refractivity (Wildman–Crippen MR) is 191 cm³/mol. The summed E-state index contributed by atoms with van der Waals surface area (Å²) in [6.45, 7) is 1.21. The van der Waals surface area contributed by atoms with E-state index in [1.165, 1.54) is 29.2 Å². The summed E-state index contributed by atoms with van der Waals surface area (Å²) in [7, 11) is 0. The number of benzene rings is 5. The Balaban J connectivity index is 1.14. The van der Waals surface area contributed by atoms with Gasteiger partial charge in [-0.15, -0.1) is 0 Å². The number of hydrogen-bond acceptors (Lipinski definition) is 7. The Morgan fingerprint density at radius 1 is 0.846 bits per heavy atom. The molecule has 2 atom stereocenters. The average molecular weight is 705 g/mol. The van der Waals surface area contributed by atoms with Crippen molar-refractivity contribution in [2.24, 2.45) is 5.92 Å². The van der Waals surface area contributed by atoms with Gasteiger partial charge in [0.15, 0.2) is 5.79 Å². The van der Waals surface area contributed by atoms with Gasteiger partial charge in [-0.25, -0.2) is 18.5 Å². The van der Waals surface area contributed by atoms with E-state index in [2.05, 4.69) is 5.32 Å². The number of imide groups is 1. The zero-order chi connectivity index (χ0) is 35.9. The lowest BCUT2D eigenvalue weighted by Crippen LogP contribution is -2.42. The summed E-state index contributed by atoms with van der Waals surface area (Å²) in [4.78, 5) is 28.7. The first-order valence-corrected chi connectivity index (χ1v) is 17.3. The zero-order valence-corrected chi connectivity index (χ0v) is 28.4. The van der Waals surface area contributed by atoms with Crippen LogP contribution in [-0.2, 0) is 31.4 Å². The second-order valence-electron chi connectivity index (χ2n) is 12.8. The van der Waals surface area contributed by atoms with E-state index in [4.69, 9.17) is 18.9 Å². The first-order chi connectivity index (χ1) is 25.4. The highest BCUT2D eigenvalue weighted by atomic mass is 19.1. The summed E-state index contributed by atoms with van der Waals surface area (Å²) in [5.41, 5.74) is 4.38. The van der Waals surface area contributed by atoms with Gasteiger partial charge in [0.1, 0.15) is 36.6 Å². The third-order valence-corrected chi connectivity index (χ3v) is 9.44. The van der Waals surface area contributed by atoms with Gasteiger partial charge in [0.25, 0.3) is 0 Å². The fraction of sp³-hybridized carbons (Fsp3) is 0.238. The van der Waals surface area contributed by atoms with E-state index in [1.807, 2.05) is 84.9 Å². The Bertz CT molecular complexity index is 1970. The maximum Gasteiger partial charge on any atom is 0.417 e. The van der Waals surface area contributed by atoms with Gasteiger partial charge < -0.3 is 24.3 Å². The van der Waals surface area contributed by atoms with E-state index >= 15 is 0 Å². The van der Waals surface area contributed by atoms with Gasteiger partial charge in [-0.05, 0) is 65.6 Å². The van der Waals surface area contributed by atoms with Gasteiger partial charge in [-0.1, -0.05) is 84.9 Å². The van der Waals surface area contributed by atoms with Crippen molar-refractivity contribution in [3.05, 3.63) is 156 Å². The van der Waals surface area contributed by atoms with Gasteiger partial charge in [0, 0.05) is 29.8 Å². The van der Waals surface area contributed by atoms with E-state index < -0.39 is 41.4 Å². The number of nitrogens with zero attached hydrogens (tertiary/aromatic N) is 1. The molecule has 1 N–H and O–H groups in total. The van der Waals surface area contributed by atoms with E-state index in [-0.39, 0.29) is 26.0 Å². The van der Waals surface area contributed by atoms with Crippen LogP contribution < -0.4 is 10.1 Å². The Morgan fingerprint density at radius 2 is 1.52 bits per heavy atom. The van der Waals surface area contributed by atoms with Crippen LogP contribution >= 0.6 is 0 Å². The Kier molecular flexibility index (Phi) is 10.6. The summed E-state index contributed by atoms with van der Waals surface area (Å²) < 4.78 is 52.1. The van der Waals surface area contributed by atoms with Crippen LogP contribution in [0.2, 0.25) is 0 Å². The average Bonchev–Trinajstić information content (AvgIpc) is 3.83. The highest BCUT2D eigenvalue weighted by Crippen LogP contribution is 2.39. The molecule has 2 aliphatic heterocycles. The summed E-state index contributed by atoms with van der Waals surface area (Å²) in [6, 6.07) is 36.2. The molecule has 0 bridgehead atoms. The summed E-state index contributed by atoms with van der Waals surface area (Å²) >= 11 is 0. The fourth-order valence-electron chi connectivity index (χ4n) is 6.69. The van der Waals surface area contributed by atoms with Crippen molar-refractivity contribution < 1.29 is 37.3 Å². The molecule has 5 aromatic rings. The molecule has 2 saturated heterocycles. The third kappa shape index (κ3) is 7.83. The molecular formula is C42H38F2N2O6. The first kappa shape index (κ1) is 34.9. The number of nitrogens with one attached hydrogen (secondary N) is 1. The largest absolute Gasteiger partial charge is 0.489 e. The van der Waals surface area contributed by atoms with Crippen LogP contribution in [0.25, 0.3) is 11.1 Å². The molecule has 2 heterocycles. The molecule has 10 heteroatoms. The number of amides is 2. The van der Waals surface area contributed by atoms with Crippen LogP contribution in [0.5, 0.6) is 5.75 Å². The molecule has 0 saturated carbocycles.